The first-order valence-corrected chi connectivity index (χ1v) is 10.3. The van der Waals surface area contributed by atoms with Crippen molar-refractivity contribution in [2.75, 3.05) is 31.1 Å². The largest absolute Gasteiger partial charge is 0.472 e. The summed E-state index contributed by atoms with van der Waals surface area (Å²) in [6, 6.07) is 13.5. The number of carbonyl (C=O) groups excluding carboxylic acids is 1. The maximum atomic E-state index is 13.3. The minimum absolute atomic E-state index is 0.0361. The van der Waals surface area contributed by atoms with Crippen molar-refractivity contribution in [3.05, 3.63) is 73.1 Å². The van der Waals surface area contributed by atoms with Crippen LogP contribution in [0.1, 0.15) is 0 Å². The van der Waals surface area contributed by atoms with Crippen LogP contribution in [0.15, 0.2) is 71.7 Å². The van der Waals surface area contributed by atoms with Crippen LogP contribution in [0, 0.1) is 5.82 Å². The van der Waals surface area contributed by atoms with Gasteiger partial charge >= 0.3 is 0 Å². The Kier molecular flexibility index (Phi) is 5.37. The van der Waals surface area contributed by atoms with Crippen molar-refractivity contribution in [1.82, 2.24) is 24.6 Å². The lowest BCUT2D eigenvalue weighted by atomic mass is 10.2. The average Bonchev–Trinajstić information content (AvgIpc) is 3.50. The molecule has 8 nitrogen and oxygen atoms in total. The van der Waals surface area contributed by atoms with Crippen molar-refractivity contribution in [2.45, 2.75) is 6.54 Å². The number of piperazine rings is 1. The number of pyridine rings is 1. The molecule has 0 N–H and O–H groups in total. The molecule has 0 atom stereocenters. The summed E-state index contributed by atoms with van der Waals surface area (Å²) in [5.74, 6) is 1.50. The van der Waals surface area contributed by atoms with E-state index in [2.05, 4.69) is 20.0 Å². The Hall–Kier alpha value is -4.01. The highest BCUT2D eigenvalue weighted by molar-refractivity contribution is 5.77. The number of benzene rings is 1. The summed E-state index contributed by atoms with van der Waals surface area (Å²) >= 11 is 0. The molecule has 1 fully saturated rings. The SMILES string of the molecule is O=C(Cn1nc(-c2ccc(F)cc2)nc1-c1ccoc1)N1CCN(c2ccccn2)CC1. The molecule has 0 spiro atoms. The summed E-state index contributed by atoms with van der Waals surface area (Å²) in [5.41, 5.74) is 1.39. The Labute approximate surface area is 183 Å². The zero-order valence-electron chi connectivity index (χ0n) is 17.3. The first kappa shape index (κ1) is 19.9. The van der Waals surface area contributed by atoms with Crippen LogP contribution in [0.2, 0.25) is 0 Å². The van der Waals surface area contributed by atoms with E-state index < -0.39 is 0 Å². The second-order valence-corrected chi connectivity index (χ2v) is 7.49. The van der Waals surface area contributed by atoms with Crippen molar-refractivity contribution in [1.29, 1.82) is 0 Å². The minimum Gasteiger partial charge on any atom is -0.472 e. The molecule has 0 unspecified atom stereocenters. The van der Waals surface area contributed by atoms with Crippen LogP contribution in [-0.2, 0) is 11.3 Å². The van der Waals surface area contributed by atoms with Gasteiger partial charge in [-0.25, -0.2) is 19.0 Å². The molecule has 0 aliphatic carbocycles. The lowest BCUT2D eigenvalue weighted by Gasteiger charge is -2.35. The third kappa shape index (κ3) is 4.09. The number of anilines is 1. The summed E-state index contributed by atoms with van der Waals surface area (Å²) in [6.07, 6.45) is 4.88. The zero-order valence-corrected chi connectivity index (χ0v) is 17.3. The van der Waals surface area contributed by atoms with E-state index in [1.807, 2.05) is 23.1 Å². The predicted molar refractivity (Wildman–Crippen MR) is 116 cm³/mol. The Bertz CT molecular complexity index is 1180. The Balaban J connectivity index is 1.33. The molecule has 4 aromatic rings. The van der Waals surface area contributed by atoms with E-state index in [0.717, 1.165) is 24.5 Å². The van der Waals surface area contributed by atoms with E-state index >= 15 is 0 Å². The molecule has 0 radical (unpaired) electrons. The van der Waals surface area contributed by atoms with Crippen molar-refractivity contribution in [3.63, 3.8) is 0 Å². The molecule has 1 saturated heterocycles. The molecule has 1 aliphatic rings. The van der Waals surface area contributed by atoms with E-state index in [9.17, 15) is 9.18 Å². The number of hydrogen-bond donors (Lipinski definition) is 0. The maximum absolute atomic E-state index is 13.3. The smallest absolute Gasteiger partial charge is 0.244 e. The second-order valence-electron chi connectivity index (χ2n) is 7.49. The number of furan rings is 1. The molecule has 0 saturated carbocycles. The molecule has 0 bridgehead atoms. The first-order chi connectivity index (χ1) is 15.7. The molecule has 5 rings (SSSR count). The number of rotatable bonds is 5. The van der Waals surface area contributed by atoms with Gasteiger partial charge in [0.2, 0.25) is 5.91 Å². The van der Waals surface area contributed by atoms with Crippen LogP contribution < -0.4 is 4.90 Å². The number of aromatic nitrogens is 4. The highest BCUT2D eigenvalue weighted by Gasteiger charge is 2.24. The predicted octanol–water partition coefficient (Wildman–Crippen LogP) is 3.09. The van der Waals surface area contributed by atoms with E-state index in [-0.39, 0.29) is 18.3 Å². The van der Waals surface area contributed by atoms with Crippen LogP contribution >= 0.6 is 0 Å². The van der Waals surface area contributed by atoms with Crippen LogP contribution in [0.25, 0.3) is 22.8 Å². The van der Waals surface area contributed by atoms with Gasteiger partial charge in [-0.2, -0.15) is 0 Å². The summed E-state index contributed by atoms with van der Waals surface area (Å²) in [4.78, 5) is 26.0. The van der Waals surface area contributed by atoms with Crippen molar-refractivity contribution >= 4 is 11.7 Å². The van der Waals surface area contributed by atoms with Crippen LogP contribution in [-0.4, -0.2) is 56.7 Å². The lowest BCUT2D eigenvalue weighted by molar-refractivity contribution is -0.132. The monoisotopic (exact) mass is 432 g/mol. The van der Waals surface area contributed by atoms with E-state index in [4.69, 9.17) is 4.42 Å². The van der Waals surface area contributed by atoms with E-state index in [1.165, 1.54) is 12.1 Å². The first-order valence-electron chi connectivity index (χ1n) is 10.3. The van der Waals surface area contributed by atoms with Crippen molar-refractivity contribution in [3.8, 4) is 22.8 Å². The van der Waals surface area contributed by atoms with E-state index in [1.54, 1.807) is 41.6 Å². The normalized spacial score (nSPS) is 14.0. The van der Waals surface area contributed by atoms with Gasteiger partial charge in [0.25, 0.3) is 0 Å². The van der Waals surface area contributed by atoms with Crippen LogP contribution in [0.3, 0.4) is 0 Å². The highest BCUT2D eigenvalue weighted by atomic mass is 19.1. The molecule has 3 aromatic heterocycles. The number of hydrogen-bond acceptors (Lipinski definition) is 6. The Morgan fingerprint density at radius 1 is 1.00 bits per heavy atom. The van der Waals surface area contributed by atoms with E-state index in [0.29, 0.717) is 30.3 Å². The fourth-order valence-electron chi connectivity index (χ4n) is 3.73. The van der Waals surface area contributed by atoms with Gasteiger partial charge in [0.15, 0.2) is 11.6 Å². The summed E-state index contributed by atoms with van der Waals surface area (Å²) in [5, 5.41) is 4.54. The van der Waals surface area contributed by atoms with Gasteiger partial charge in [0.05, 0.1) is 11.8 Å². The number of nitrogens with zero attached hydrogens (tertiary/aromatic N) is 6. The minimum atomic E-state index is -0.330. The molecule has 162 valence electrons. The summed E-state index contributed by atoms with van der Waals surface area (Å²) < 4.78 is 20.1. The van der Waals surface area contributed by atoms with Gasteiger partial charge in [-0.05, 0) is 42.5 Å². The van der Waals surface area contributed by atoms with Crippen molar-refractivity contribution in [2.24, 2.45) is 0 Å². The summed E-state index contributed by atoms with van der Waals surface area (Å²) in [6.45, 7) is 2.70. The second kappa shape index (κ2) is 8.62. The molecular weight excluding hydrogens is 411 g/mol. The van der Waals surface area contributed by atoms with Gasteiger partial charge < -0.3 is 14.2 Å². The third-order valence-electron chi connectivity index (χ3n) is 5.44. The Morgan fingerprint density at radius 2 is 1.81 bits per heavy atom. The number of carbonyl (C=O) groups is 1. The van der Waals surface area contributed by atoms with Gasteiger partial charge in [0.1, 0.15) is 24.4 Å². The lowest BCUT2D eigenvalue weighted by Crippen LogP contribution is -2.49. The van der Waals surface area contributed by atoms with Crippen LogP contribution in [0.5, 0.6) is 0 Å². The quantitative estimate of drug-likeness (QED) is 0.482. The van der Waals surface area contributed by atoms with Gasteiger partial charge in [0, 0.05) is 37.9 Å². The fourth-order valence-corrected chi connectivity index (χ4v) is 3.73. The number of amides is 1. The maximum Gasteiger partial charge on any atom is 0.244 e. The molecule has 32 heavy (non-hydrogen) atoms. The molecule has 4 heterocycles. The molecular formula is C23H21FN6O2. The molecule has 9 heteroatoms. The highest BCUT2D eigenvalue weighted by Crippen LogP contribution is 2.23. The van der Waals surface area contributed by atoms with Gasteiger partial charge in [-0.3, -0.25) is 4.79 Å². The van der Waals surface area contributed by atoms with Gasteiger partial charge in [-0.1, -0.05) is 6.07 Å². The van der Waals surface area contributed by atoms with Crippen molar-refractivity contribution < 1.29 is 13.6 Å². The standard InChI is InChI=1S/C23H21FN6O2/c24-19-6-4-17(5-7-19)22-26-23(18-8-14-32-16-18)30(27-22)15-21(31)29-12-10-28(11-13-29)20-3-1-2-9-25-20/h1-9,14,16H,10-13,15H2. The van der Waals surface area contributed by atoms with Gasteiger partial charge in [-0.15, -0.1) is 5.10 Å². The average molecular weight is 432 g/mol. The fraction of sp³-hybridized carbons (Fsp3) is 0.217. The molecule has 1 amide bonds. The molecule has 1 aromatic carbocycles. The van der Waals surface area contributed by atoms with Crippen LogP contribution in [0.4, 0.5) is 10.2 Å². The third-order valence-corrected chi connectivity index (χ3v) is 5.44. The number of halogens is 1. The zero-order chi connectivity index (χ0) is 21.9. The Morgan fingerprint density at radius 3 is 2.50 bits per heavy atom. The molecule has 1 aliphatic heterocycles. The topological polar surface area (TPSA) is 80.3 Å². The summed E-state index contributed by atoms with van der Waals surface area (Å²) in [7, 11) is 0.